The maximum Gasteiger partial charge on any atom is 0.312 e. The van der Waals surface area contributed by atoms with E-state index in [1.54, 1.807) is 30.3 Å². The van der Waals surface area contributed by atoms with Crippen LogP contribution in [0.2, 0.25) is 5.02 Å². The molecular formula is C24H22BrClN2O6S. The van der Waals surface area contributed by atoms with Crippen molar-refractivity contribution in [2.45, 2.75) is 42.1 Å². The number of carbonyl (C=O) groups is 2. The fourth-order valence-corrected chi connectivity index (χ4v) is 7.82. The number of halogens is 2. The van der Waals surface area contributed by atoms with Gasteiger partial charge in [-0.25, -0.2) is 8.42 Å². The van der Waals surface area contributed by atoms with Gasteiger partial charge >= 0.3 is 5.97 Å². The van der Waals surface area contributed by atoms with Gasteiger partial charge in [-0.05, 0) is 49.1 Å². The lowest BCUT2D eigenvalue weighted by molar-refractivity contribution is -0.161. The molecule has 2 aromatic rings. The van der Waals surface area contributed by atoms with Crippen LogP contribution in [0.3, 0.4) is 0 Å². The number of nitrogens with zero attached hydrogens (tertiary/aromatic N) is 1. The third-order valence-electron chi connectivity index (χ3n) is 7.18. The summed E-state index contributed by atoms with van der Waals surface area (Å²) < 4.78 is 34.0. The Morgan fingerprint density at radius 1 is 1.20 bits per heavy atom. The second kappa shape index (κ2) is 9.21. The van der Waals surface area contributed by atoms with E-state index in [2.05, 4.69) is 15.9 Å². The van der Waals surface area contributed by atoms with Crippen LogP contribution in [0.4, 0.5) is 0 Å². The number of aliphatic carboxylic acids is 1. The summed E-state index contributed by atoms with van der Waals surface area (Å²) in [5.41, 5.74) is 2.76. The second-order valence-electron chi connectivity index (χ2n) is 9.01. The molecule has 0 aliphatic heterocycles. The molecule has 0 aromatic heterocycles. The molecule has 4 rings (SSSR count). The Bertz CT molecular complexity index is 1330. The molecule has 184 valence electrons. The number of hydrogen-bond donors (Lipinski definition) is 2. The molecule has 0 spiro atoms. The van der Waals surface area contributed by atoms with Crippen molar-refractivity contribution < 1.29 is 27.9 Å². The van der Waals surface area contributed by atoms with Crippen molar-refractivity contribution in [3.8, 4) is 6.07 Å². The maximum atomic E-state index is 13.5. The van der Waals surface area contributed by atoms with Crippen molar-refractivity contribution in [2.75, 3.05) is 0 Å². The number of benzene rings is 2. The number of amides is 1. The average Bonchev–Trinajstić information content (AvgIpc) is 3.45. The second-order valence-corrected chi connectivity index (χ2v) is 12.5. The van der Waals surface area contributed by atoms with Crippen LogP contribution < -0.4 is 5.73 Å². The van der Waals surface area contributed by atoms with E-state index in [1.165, 1.54) is 18.2 Å². The predicted molar refractivity (Wildman–Crippen MR) is 130 cm³/mol. The molecule has 0 bridgehead atoms. The van der Waals surface area contributed by atoms with Crippen molar-refractivity contribution in [3.63, 3.8) is 0 Å². The molecule has 35 heavy (non-hydrogen) atoms. The minimum absolute atomic E-state index is 0.0225. The number of nitriles is 1. The number of carboxylic acids is 1. The van der Waals surface area contributed by atoms with E-state index in [0.717, 1.165) is 10.0 Å². The molecule has 3 N–H and O–H groups in total. The van der Waals surface area contributed by atoms with Gasteiger partial charge in [-0.15, -0.1) is 0 Å². The van der Waals surface area contributed by atoms with Gasteiger partial charge in [0.1, 0.15) is 10.8 Å². The van der Waals surface area contributed by atoms with Gasteiger partial charge < -0.3 is 15.6 Å². The highest BCUT2D eigenvalue weighted by Crippen LogP contribution is 2.66. The molecule has 11 heteroatoms. The number of primary amides is 1. The quantitative estimate of drug-likeness (QED) is 0.483. The van der Waals surface area contributed by atoms with Crippen molar-refractivity contribution in [3.05, 3.63) is 63.6 Å². The highest BCUT2D eigenvalue weighted by molar-refractivity contribution is 9.10. The smallest absolute Gasteiger partial charge is 0.312 e. The lowest BCUT2D eigenvalue weighted by atomic mass is 9.75. The van der Waals surface area contributed by atoms with E-state index >= 15 is 0 Å². The van der Waals surface area contributed by atoms with Gasteiger partial charge in [-0.2, -0.15) is 5.26 Å². The van der Waals surface area contributed by atoms with Crippen LogP contribution >= 0.6 is 27.5 Å². The van der Waals surface area contributed by atoms with E-state index in [1.807, 2.05) is 6.07 Å². The Morgan fingerprint density at radius 3 is 2.40 bits per heavy atom. The van der Waals surface area contributed by atoms with E-state index in [4.69, 9.17) is 22.1 Å². The minimum Gasteiger partial charge on any atom is -0.481 e. The Kier molecular flexibility index (Phi) is 6.74. The average molecular weight is 582 g/mol. The van der Waals surface area contributed by atoms with Gasteiger partial charge in [0, 0.05) is 10.4 Å². The molecule has 2 aliphatic carbocycles. The zero-order chi connectivity index (χ0) is 25.6. The number of rotatable bonds is 8. The van der Waals surface area contributed by atoms with Crippen LogP contribution in [0.15, 0.2) is 57.9 Å². The van der Waals surface area contributed by atoms with Crippen LogP contribution in [-0.4, -0.2) is 36.8 Å². The van der Waals surface area contributed by atoms with E-state index in [-0.39, 0.29) is 35.8 Å². The zero-order valence-electron chi connectivity index (χ0n) is 18.4. The number of carboxylic acid groups (broad SMARTS) is 1. The molecule has 1 amide bonds. The molecule has 0 saturated heterocycles. The van der Waals surface area contributed by atoms with Crippen LogP contribution in [0.5, 0.6) is 0 Å². The summed E-state index contributed by atoms with van der Waals surface area (Å²) in [5.74, 6) is -3.22. The minimum atomic E-state index is -4.05. The fourth-order valence-electron chi connectivity index (χ4n) is 5.20. The van der Waals surface area contributed by atoms with Crippen LogP contribution in [0.1, 0.15) is 24.8 Å². The first kappa shape index (κ1) is 25.6. The molecular weight excluding hydrogens is 560 g/mol. The number of ether oxygens (including phenoxy) is 1. The first-order valence-corrected chi connectivity index (χ1v) is 13.5. The third kappa shape index (κ3) is 4.25. The summed E-state index contributed by atoms with van der Waals surface area (Å²) in [6, 6.07) is 15.0. The first-order chi connectivity index (χ1) is 16.5. The monoisotopic (exact) mass is 580 g/mol. The summed E-state index contributed by atoms with van der Waals surface area (Å²) in [7, 11) is -4.05. The molecule has 2 saturated carbocycles. The van der Waals surface area contributed by atoms with Gasteiger partial charge in [0.25, 0.3) is 0 Å². The van der Waals surface area contributed by atoms with Crippen LogP contribution in [0.25, 0.3) is 0 Å². The lowest BCUT2D eigenvalue weighted by Gasteiger charge is -2.32. The molecule has 2 aromatic carbocycles. The lowest BCUT2D eigenvalue weighted by Crippen LogP contribution is -2.45. The van der Waals surface area contributed by atoms with Gasteiger partial charge in [0.05, 0.1) is 33.9 Å². The number of hydrogen-bond acceptors (Lipinski definition) is 6. The Labute approximate surface area is 216 Å². The largest absolute Gasteiger partial charge is 0.481 e. The Balaban J connectivity index is 1.74. The molecule has 0 radical (unpaired) electrons. The topological polar surface area (TPSA) is 148 Å². The summed E-state index contributed by atoms with van der Waals surface area (Å²) in [6.07, 6.45) is -1.61. The summed E-state index contributed by atoms with van der Waals surface area (Å²) in [5, 5.41) is 19.0. The normalized spacial score (nSPS) is 29.9. The van der Waals surface area contributed by atoms with Crippen molar-refractivity contribution in [2.24, 2.45) is 22.5 Å². The van der Waals surface area contributed by atoms with E-state index in [9.17, 15) is 28.4 Å². The van der Waals surface area contributed by atoms with Crippen molar-refractivity contribution >= 4 is 49.2 Å². The molecule has 8 nitrogen and oxygen atoms in total. The molecule has 2 unspecified atom stereocenters. The summed E-state index contributed by atoms with van der Waals surface area (Å²) in [6.45, 7) is 0.0225. The van der Waals surface area contributed by atoms with Crippen molar-refractivity contribution in [1.82, 2.24) is 0 Å². The number of sulfone groups is 1. The summed E-state index contributed by atoms with van der Waals surface area (Å²) in [4.78, 5) is 24.8. The maximum absolute atomic E-state index is 13.5. The van der Waals surface area contributed by atoms with E-state index in [0.29, 0.717) is 0 Å². The Hall–Kier alpha value is -2.45. The molecule has 0 heterocycles. The van der Waals surface area contributed by atoms with Gasteiger partial charge in [-0.1, -0.05) is 51.8 Å². The summed E-state index contributed by atoms with van der Waals surface area (Å²) >= 11 is 9.51. The molecule has 5 atom stereocenters. The first-order valence-electron chi connectivity index (χ1n) is 10.8. The SMILES string of the molecule is N#CC1(C(N)=O)CC1[C@]1(C(=O)O)C[C@@H](S(=O)(=O)c2ccccc2Cl)C[C@H]1OCc1ccc(Br)cc1. The van der Waals surface area contributed by atoms with Gasteiger partial charge in [0.15, 0.2) is 9.84 Å². The highest BCUT2D eigenvalue weighted by Gasteiger charge is 2.75. The number of nitrogens with two attached hydrogens (primary N) is 1. The third-order valence-corrected chi connectivity index (χ3v) is 10.4. The zero-order valence-corrected chi connectivity index (χ0v) is 21.5. The van der Waals surface area contributed by atoms with Gasteiger partial charge in [0.2, 0.25) is 5.91 Å². The van der Waals surface area contributed by atoms with Crippen LogP contribution in [-0.2, 0) is 30.8 Å². The highest BCUT2D eigenvalue weighted by atomic mass is 79.9. The fraction of sp³-hybridized carbons (Fsp3) is 0.375. The van der Waals surface area contributed by atoms with Crippen LogP contribution in [0, 0.1) is 28.1 Å². The van der Waals surface area contributed by atoms with Gasteiger partial charge in [-0.3, -0.25) is 9.59 Å². The molecule has 2 aliphatic rings. The predicted octanol–water partition coefficient (Wildman–Crippen LogP) is 3.71. The number of carbonyl (C=O) groups excluding carboxylic acids is 1. The standard InChI is InChI=1S/C24H22BrClN2O6S/c25-15-7-5-14(6-8-15)12-34-20-9-16(35(32,33)18-4-2-1-3-17(18)26)10-24(20,22(30)31)19-11-23(19,13-27)21(28)29/h1-8,16,19-20H,9-12H2,(H2,28,29)(H,30,31)/t16-,19?,20+,23?,24+/m0/s1. The van der Waals surface area contributed by atoms with Crippen molar-refractivity contribution in [1.29, 1.82) is 5.26 Å². The van der Waals surface area contributed by atoms with E-state index < -0.39 is 49.8 Å². The molecule has 2 fully saturated rings. The Morgan fingerprint density at radius 2 is 1.86 bits per heavy atom.